The van der Waals surface area contributed by atoms with Crippen molar-refractivity contribution in [3.05, 3.63) is 30.1 Å². The van der Waals surface area contributed by atoms with Gasteiger partial charge in [0.15, 0.2) is 0 Å². The highest BCUT2D eigenvalue weighted by atomic mass is 16.4. The van der Waals surface area contributed by atoms with E-state index in [0.717, 1.165) is 5.56 Å². The molecule has 1 rings (SSSR count). The molecule has 0 atom stereocenters. The van der Waals surface area contributed by atoms with Crippen LogP contribution in [0.2, 0.25) is 0 Å². The summed E-state index contributed by atoms with van der Waals surface area (Å²) in [6, 6.07) is 3.39. The van der Waals surface area contributed by atoms with Gasteiger partial charge in [0, 0.05) is 25.5 Å². The molecule has 1 aromatic heterocycles. The second kappa shape index (κ2) is 6.88. The molecule has 0 radical (unpaired) electrons. The number of carboxylic acids is 1. The first-order valence-corrected chi connectivity index (χ1v) is 6.57. The van der Waals surface area contributed by atoms with Crippen molar-refractivity contribution < 1.29 is 14.7 Å². The van der Waals surface area contributed by atoms with Crippen molar-refractivity contribution in [2.75, 3.05) is 13.1 Å². The zero-order valence-corrected chi connectivity index (χ0v) is 12.1. The molecule has 6 nitrogen and oxygen atoms in total. The molecule has 0 saturated carbocycles. The Morgan fingerprint density at radius 2 is 1.95 bits per heavy atom. The summed E-state index contributed by atoms with van der Waals surface area (Å²) >= 11 is 0. The quantitative estimate of drug-likeness (QED) is 0.827. The molecule has 1 aromatic rings. The predicted octanol–water partition coefficient (Wildman–Crippen LogP) is 1.52. The van der Waals surface area contributed by atoms with Crippen molar-refractivity contribution in [1.82, 2.24) is 15.2 Å². The zero-order chi connectivity index (χ0) is 15.2. The molecule has 20 heavy (non-hydrogen) atoms. The fourth-order valence-corrected chi connectivity index (χ4v) is 1.87. The predicted molar refractivity (Wildman–Crippen MR) is 75.4 cm³/mol. The van der Waals surface area contributed by atoms with Crippen LogP contribution in [-0.4, -0.2) is 45.6 Å². The fourth-order valence-electron chi connectivity index (χ4n) is 1.87. The lowest BCUT2D eigenvalue weighted by molar-refractivity contribution is -0.147. The highest BCUT2D eigenvalue weighted by Crippen LogP contribution is 2.14. The number of aromatic nitrogens is 1. The van der Waals surface area contributed by atoms with Crippen molar-refractivity contribution >= 4 is 12.0 Å². The van der Waals surface area contributed by atoms with Gasteiger partial charge in [0.2, 0.25) is 0 Å². The van der Waals surface area contributed by atoms with E-state index in [-0.39, 0.29) is 6.03 Å². The van der Waals surface area contributed by atoms with Crippen LogP contribution in [0, 0.1) is 0 Å². The number of nitrogens with zero attached hydrogens (tertiary/aromatic N) is 2. The van der Waals surface area contributed by atoms with Crippen molar-refractivity contribution in [3.8, 4) is 0 Å². The van der Waals surface area contributed by atoms with Crippen molar-refractivity contribution in [1.29, 1.82) is 0 Å². The summed E-state index contributed by atoms with van der Waals surface area (Å²) < 4.78 is 0. The van der Waals surface area contributed by atoms with Gasteiger partial charge in [0.25, 0.3) is 0 Å². The van der Waals surface area contributed by atoms with E-state index in [1.807, 2.05) is 12.1 Å². The summed E-state index contributed by atoms with van der Waals surface area (Å²) in [7, 11) is 0. The summed E-state index contributed by atoms with van der Waals surface area (Å²) in [5.74, 6) is -1.02. The number of likely N-dealkylation sites (N-methyl/N-ethyl adjacent to an activating group) is 1. The van der Waals surface area contributed by atoms with Crippen LogP contribution in [0.15, 0.2) is 24.5 Å². The van der Waals surface area contributed by atoms with Crippen molar-refractivity contribution in [2.45, 2.75) is 32.7 Å². The molecule has 0 aliphatic carbocycles. The molecular weight excluding hydrogens is 258 g/mol. The number of urea groups is 1. The molecule has 0 spiro atoms. The number of carbonyl (C=O) groups is 2. The standard InChI is InChI=1S/C14H21N3O3/c1-4-17(14(2,3)12(18)19)13(20)16-10-7-11-5-8-15-9-6-11/h5-6,8-9H,4,7,10H2,1-3H3,(H,16,20)(H,18,19). The third kappa shape index (κ3) is 3.94. The van der Waals surface area contributed by atoms with Crippen LogP contribution >= 0.6 is 0 Å². The van der Waals surface area contributed by atoms with Gasteiger partial charge in [-0.05, 0) is 44.9 Å². The van der Waals surface area contributed by atoms with Crippen molar-refractivity contribution in [3.63, 3.8) is 0 Å². The molecule has 0 aromatic carbocycles. The third-order valence-corrected chi connectivity index (χ3v) is 3.20. The second-order valence-electron chi connectivity index (χ2n) is 4.95. The normalized spacial score (nSPS) is 10.9. The molecule has 0 bridgehead atoms. The molecule has 2 amide bonds. The number of nitrogens with one attached hydrogen (secondary N) is 1. The third-order valence-electron chi connectivity index (χ3n) is 3.20. The molecule has 2 N–H and O–H groups in total. The van der Waals surface area contributed by atoms with E-state index < -0.39 is 11.5 Å². The average molecular weight is 279 g/mol. The van der Waals surface area contributed by atoms with Crippen LogP contribution in [0.5, 0.6) is 0 Å². The van der Waals surface area contributed by atoms with E-state index >= 15 is 0 Å². The van der Waals surface area contributed by atoms with Crippen LogP contribution in [0.1, 0.15) is 26.3 Å². The lowest BCUT2D eigenvalue weighted by Crippen LogP contribution is -2.56. The number of amides is 2. The maximum atomic E-state index is 12.1. The smallest absolute Gasteiger partial charge is 0.329 e. The van der Waals surface area contributed by atoms with Gasteiger partial charge >= 0.3 is 12.0 Å². The minimum Gasteiger partial charge on any atom is -0.480 e. The van der Waals surface area contributed by atoms with Crippen LogP contribution in [-0.2, 0) is 11.2 Å². The summed E-state index contributed by atoms with van der Waals surface area (Å²) in [4.78, 5) is 28.5. The lowest BCUT2D eigenvalue weighted by atomic mass is 10.0. The number of pyridine rings is 1. The topological polar surface area (TPSA) is 82.5 Å². The first kappa shape index (κ1) is 15.9. The first-order chi connectivity index (χ1) is 9.39. The Bertz CT molecular complexity index is 460. The van der Waals surface area contributed by atoms with Gasteiger partial charge in [-0.1, -0.05) is 0 Å². The Morgan fingerprint density at radius 3 is 2.45 bits per heavy atom. The fraction of sp³-hybridized carbons (Fsp3) is 0.500. The second-order valence-corrected chi connectivity index (χ2v) is 4.95. The van der Waals surface area contributed by atoms with E-state index in [0.29, 0.717) is 19.5 Å². The van der Waals surface area contributed by atoms with Gasteiger partial charge in [-0.15, -0.1) is 0 Å². The molecule has 110 valence electrons. The van der Waals surface area contributed by atoms with Gasteiger partial charge in [-0.3, -0.25) is 4.98 Å². The van der Waals surface area contributed by atoms with Gasteiger partial charge in [-0.25, -0.2) is 9.59 Å². The van der Waals surface area contributed by atoms with E-state index in [1.165, 1.54) is 18.7 Å². The molecular formula is C14H21N3O3. The van der Waals surface area contributed by atoms with Gasteiger partial charge in [0.1, 0.15) is 5.54 Å². The van der Waals surface area contributed by atoms with Crippen LogP contribution in [0.4, 0.5) is 4.79 Å². The molecule has 0 saturated heterocycles. The average Bonchev–Trinajstić information content (AvgIpc) is 2.40. The molecule has 0 fully saturated rings. The van der Waals surface area contributed by atoms with Gasteiger partial charge in [-0.2, -0.15) is 0 Å². The number of rotatable bonds is 6. The Labute approximate surface area is 118 Å². The minimum absolute atomic E-state index is 0.334. The number of aliphatic carboxylic acids is 1. The van der Waals surface area contributed by atoms with Gasteiger partial charge < -0.3 is 15.3 Å². The summed E-state index contributed by atoms with van der Waals surface area (Å²) in [5.41, 5.74) is -0.156. The summed E-state index contributed by atoms with van der Waals surface area (Å²) in [6.45, 7) is 5.57. The van der Waals surface area contributed by atoms with E-state index in [4.69, 9.17) is 5.11 Å². The number of hydrogen-bond donors (Lipinski definition) is 2. The first-order valence-electron chi connectivity index (χ1n) is 6.57. The summed E-state index contributed by atoms with van der Waals surface area (Å²) in [6.07, 6.45) is 4.07. The zero-order valence-electron chi connectivity index (χ0n) is 12.1. The Hall–Kier alpha value is -2.11. The highest BCUT2D eigenvalue weighted by Gasteiger charge is 2.36. The van der Waals surface area contributed by atoms with E-state index in [9.17, 15) is 9.59 Å². The highest BCUT2D eigenvalue weighted by molar-refractivity contribution is 5.85. The van der Waals surface area contributed by atoms with E-state index in [1.54, 1.807) is 19.3 Å². The molecule has 0 unspecified atom stereocenters. The number of carbonyl (C=O) groups excluding carboxylic acids is 1. The lowest BCUT2D eigenvalue weighted by Gasteiger charge is -2.34. The number of hydrogen-bond acceptors (Lipinski definition) is 3. The maximum Gasteiger partial charge on any atom is 0.329 e. The van der Waals surface area contributed by atoms with Crippen LogP contribution in [0.3, 0.4) is 0 Å². The monoisotopic (exact) mass is 279 g/mol. The Balaban J connectivity index is 2.54. The van der Waals surface area contributed by atoms with Crippen molar-refractivity contribution in [2.24, 2.45) is 0 Å². The number of carboxylic acid groups (broad SMARTS) is 1. The SMILES string of the molecule is CCN(C(=O)NCCc1ccncc1)C(C)(C)C(=O)O. The molecule has 6 heteroatoms. The maximum absolute atomic E-state index is 12.1. The van der Waals surface area contributed by atoms with Crippen LogP contribution < -0.4 is 5.32 Å². The van der Waals surface area contributed by atoms with Crippen LogP contribution in [0.25, 0.3) is 0 Å². The molecule has 0 aliphatic heterocycles. The minimum atomic E-state index is -1.23. The Morgan fingerprint density at radius 1 is 1.35 bits per heavy atom. The van der Waals surface area contributed by atoms with E-state index in [2.05, 4.69) is 10.3 Å². The van der Waals surface area contributed by atoms with Gasteiger partial charge in [0.05, 0.1) is 0 Å². The Kier molecular flexibility index (Phi) is 5.49. The molecule has 1 heterocycles. The summed E-state index contributed by atoms with van der Waals surface area (Å²) in [5, 5.41) is 11.9. The molecule has 0 aliphatic rings. The largest absolute Gasteiger partial charge is 0.480 e.